The topological polar surface area (TPSA) is 66.9 Å². The van der Waals surface area contributed by atoms with E-state index in [-0.39, 0.29) is 5.91 Å². The number of carbonyl (C=O) groups is 1. The molecule has 0 saturated heterocycles. The predicted molar refractivity (Wildman–Crippen MR) is 81.7 cm³/mol. The minimum Gasteiger partial charge on any atom is -0.369 e. The normalized spacial score (nSPS) is 11.2. The number of carbonyl (C=O) groups excluding carboxylic acids is 1. The van der Waals surface area contributed by atoms with Crippen LogP contribution in [0.2, 0.25) is 0 Å². The van der Waals surface area contributed by atoms with Gasteiger partial charge in [0.15, 0.2) is 0 Å². The van der Waals surface area contributed by atoms with E-state index in [9.17, 15) is 4.79 Å². The SMILES string of the molecule is CCNc1cncc(C(=O)NCC(C(C)C)C(C)C)n1. The first-order valence-corrected chi connectivity index (χ1v) is 7.29. The van der Waals surface area contributed by atoms with Crippen LogP contribution in [0.25, 0.3) is 0 Å². The van der Waals surface area contributed by atoms with Crippen LogP contribution in [0, 0.1) is 17.8 Å². The van der Waals surface area contributed by atoms with Crippen molar-refractivity contribution >= 4 is 11.7 Å². The van der Waals surface area contributed by atoms with Gasteiger partial charge in [-0.1, -0.05) is 27.7 Å². The van der Waals surface area contributed by atoms with Gasteiger partial charge >= 0.3 is 0 Å². The lowest BCUT2D eigenvalue weighted by atomic mass is 9.85. The summed E-state index contributed by atoms with van der Waals surface area (Å²) in [6, 6.07) is 0. The van der Waals surface area contributed by atoms with Crippen LogP contribution in [0.3, 0.4) is 0 Å². The Hall–Kier alpha value is -1.65. The van der Waals surface area contributed by atoms with Crippen molar-refractivity contribution in [3.8, 4) is 0 Å². The van der Waals surface area contributed by atoms with Gasteiger partial charge in [-0.05, 0) is 24.7 Å². The van der Waals surface area contributed by atoms with E-state index in [1.54, 1.807) is 6.20 Å². The highest BCUT2D eigenvalue weighted by molar-refractivity contribution is 5.92. The average Bonchev–Trinajstić information content (AvgIpc) is 2.38. The minimum atomic E-state index is -0.163. The number of amides is 1. The number of nitrogens with one attached hydrogen (secondary N) is 2. The molecule has 1 rings (SSSR count). The van der Waals surface area contributed by atoms with Crippen LogP contribution >= 0.6 is 0 Å². The summed E-state index contributed by atoms with van der Waals surface area (Å²) in [4.78, 5) is 20.4. The molecule has 112 valence electrons. The first-order chi connectivity index (χ1) is 9.45. The van der Waals surface area contributed by atoms with E-state index >= 15 is 0 Å². The summed E-state index contributed by atoms with van der Waals surface area (Å²) in [6.07, 6.45) is 3.11. The zero-order valence-electron chi connectivity index (χ0n) is 13.1. The van der Waals surface area contributed by atoms with Gasteiger partial charge in [0.2, 0.25) is 0 Å². The van der Waals surface area contributed by atoms with E-state index in [0.717, 1.165) is 6.54 Å². The standard InChI is InChI=1S/C15H26N4O/c1-6-17-14-9-16-8-13(19-14)15(20)18-7-12(10(2)3)11(4)5/h8-12H,6-7H2,1-5H3,(H,17,19)(H,18,20). The van der Waals surface area contributed by atoms with E-state index in [0.29, 0.717) is 35.8 Å². The highest BCUT2D eigenvalue weighted by Gasteiger charge is 2.19. The first kappa shape index (κ1) is 16.4. The number of hydrogen-bond donors (Lipinski definition) is 2. The van der Waals surface area contributed by atoms with E-state index in [1.165, 1.54) is 6.20 Å². The van der Waals surface area contributed by atoms with Crippen LogP contribution in [-0.4, -0.2) is 29.0 Å². The molecule has 1 aromatic rings. The molecule has 0 aromatic carbocycles. The molecule has 0 aliphatic rings. The van der Waals surface area contributed by atoms with Gasteiger partial charge in [-0.25, -0.2) is 4.98 Å². The lowest BCUT2D eigenvalue weighted by molar-refractivity contribution is 0.0932. The Morgan fingerprint density at radius 1 is 1.20 bits per heavy atom. The average molecular weight is 278 g/mol. The summed E-state index contributed by atoms with van der Waals surface area (Å²) >= 11 is 0. The molecule has 0 radical (unpaired) electrons. The van der Waals surface area contributed by atoms with Crippen LogP contribution in [-0.2, 0) is 0 Å². The largest absolute Gasteiger partial charge is 0.369 e. The highest BCUT2D eigenvalue weighted by Crippen LogP contribution is 2.19. The molecule has 0 spiro atoms. The number of anilines is 1. The fourth-order valence-corrected chi connectivity index (χ4v) is 2.28. The lowest BCUT2D eigenvalue weighted by Gasteiger charge is -2.24. The third kappa shape index (κ3) is 4.79. The molecule has 2 N–H and O–H groups in total. The van der Waals surface area contributed by atoms with Crippen molar-refractivity contribution in [2.45, 2.75) is 34.6 Å². The van der Waals surface area contributed by atoms with Gasteiger partial charge in [-0.3, -0.25) is 9.78 Å². The maximum absolute atomic E-state index is 12.1. The molecule has 20 heavy (non-hydrogen) atoms. The van der Waals surface area contributed by atoms with Gasteiger partial charge in [-0.15, -0.1) is 0 Å². The Labute approximate surface area is 121 Å². The Kier molecular flexibility index (Phi) is 6.42. The Morgan fingerprint density at radius 2 is 1.85 bits per heavy atom. The Bertz CT molecular complexity index is 424. The maximum Gasteiger partial charge on any atom is 0.271 e. The molecule has 0 fully saturated rings. The van der Waals surface area contributed by atoms with Crippen LogP contribution in [0.1, 0.15) is 45.1 Å². The monoisotopic (exact) mass is 278 g/mol. The summed E-state index contributed by atoms with van der Waals surface area (Å²) < 4.78 is 0. The van der Waals surface area contributed by atoms with Crippen molar-refractivity contribution in [2.24, 2.45) is 17.8 Å². The summed E-state index contributed by atoms with van der Waals surface area (Å²) in [6.45, 7) is 12.1. The predicted octanol–water partition coefficient (Wildman–Crippen LogP) is 2.57. The number of hydrogen-bond acceptors (Lipinski definition) is 4. The number of aromatic nitrogens is 2. The van der Waals surface area contributed by atoms with E-state index in [2.05, 4.69) is 48.3 Å². The first-order valence-electron chi connectivity index (χ1n) is 7.29. The van der Waals surface area contributed by atoms with E-state index in [4.69, 9.17) is 0 Å². The van der Waals surface area contributed by atoms with Crippen molar-refractivity contribution in [3.63, 3.8) is 0 Å². The summed E-state index contributed by atoms with van der Waals surface area (Å²) in [5, 5.41) is 6.01. The second-order valence-electron chi connectivity index (χ2n) is 5.68. The van der Waals surface area contributed by atoms with Gasteiger partial charge in [-0.2, -0.15) is 0 Å². The summed E-state index contributed by atoms with van der Waals surface area (Å²) in [5.74, 6) is 2.00. The van der Waals surface area contributed by atoms with Gasteiger partial charge in [0.05, 0.1) is 12.4 Å². The molecule has 5 heteroatoms. The Balaban J connectivity index is 2.64. The molecular formula is C15H26N4O. The second kappa shape index (κ2) is 7.82. The van der Waals surface area contributed by atoms with Gasteiger partial charge in [0.1, 0.15) is 11.5 Å². The third-order valence-electron chi connectivity index (χ3n) is 3.44. The van der Waals surface area contributed by atoms with Gasteiger partial charge in [0, 0.05) is 13.1 Å². The van der Waals surface area contributed by atoms with E-state index < -0.39 is 0 Å². The molecule has 1 heterocycles. The second-order valence-corrected chi connectivity index (χ2v) is 5.68. The highest BCUT2D eigenvalue weighted by atomic mass is 16.1. The maximum atomic E-state index is 12.1. The number of nitrogens with zero attached hydrogens (tertiary/aromatic N) is 2. The zero-order valence-corrected chi connectivity index (χ0v) is 13.1. The fraction of sp³-hybridized carbons (Fsp3) is 0.667. The molecule has 5 nitrogen and oxygen atoms in total. The van der Waals surface area contributed by atoms with Gasteiger partial charge in [0.25, 0.3) is 5.91 Å². The molecule has 0 bridgehead atoms. The molecule has 1 amide bonds. The molecule has 1 aromatic heterocycles. The van der Waals surface area contributed by atoms with Crippen LogP contribution in [0.5, 0.6) is 0 Å². The van der Waals surface area contributed by atoms with Crippen molar-refractivity contribution in [1.82, 2.24) is 15.3 Å². The van der Waals surface area contributed by atoms with Crippen LogP contribution < -0.4 is 10.6 Å². The zero-order chi connectivity index (χ0) is 15.1. The Morgan fingerprint density at radius 3 is 2.40 bits per heavy atom. The molecule has 0 saturated carbocycles. The molecular weight excluding hydrogens is 252 g/mol. The van der Waals surface area contributed by atoms with Crippen molar-refractivity contribution in [1.29, 1.82) is 0 Å². The molecule has 0 aliphatic heterocycles. The molecule has 0 aliphatic carbocycles. The fourth-order valence-electron chi connectivity index (χ4n) is 2.28. The minimum absolute atomic E-state index is 0.163. The molecule has 0 atom stereocenters. The van der Waals surface area contributed by atoms with Crippen LogP contribution in [0.4, 0.5) is 5.82 Å². The van der Waals surface area contributed by atoms with Gasteiger partial charge < -0.3 is 10.6 Å². The van der Waals surface area contributed by atoms with E-state index in [1.807, 2.05) is 6.92 Å². The third-order valence-corrected chi connectivity index (χ3v) is 3.44. The van der Waals surface area contributed by atoms with Crippen molar-refractivity contribution in [2.75, 3.05) is 18.4 Å². The smallest absolute Gasteiger partial charge is 0.271 e. The van der Waals surface area contributed by atoms with Crippen LogP contribution in [0.15, 0.2) is 12.4 Å². The van der Waals surface area contributed by atoms with Crippen molar-refractivity contribution < 1.29 is 4.79 Å². The van der Waals surface area contributed by atoms with Crippen molar-refractivity contribution in [3.05, 3.63) is 18.1 Å². The number of rotatable bonds is 7. The summed E-state index contributed by atoms with van der Waals surface area (Å²) in [5.41, 5.74) is 0.356. The quantitative estimate of drug-likeness (QED) is 0.804. The molecule has 0 unspecified atom stereocenters. The lowest BCUT2D eigenvalue weighted by Crippen LogP contribution is -2.34. The summed E-state index contributed by atoms with van der Waals surface area (Å²) in [7, 11) is 0.